The van der Waals surface area contributed by atoms with Crippen molar-refractivity contribution in [3.05, 3.63) is 60.1 Å². The Morgan fingerprint density at radius 3 is 2.65 bits per heavy atom. The molecule has 0 amide bonds. The van der Waals surface area contributed by atoms with Gasteiger partial charge in [0.1, 0.15) is 28.2 Å². The summed E-state index contributed by atoms with van der Waals surface area (Å²) >= 11 is 0. The van der Waals surface area contributed by atoms with Gasteiger partial charge in [-0.2, -0.15) is 15.2 Å². The molecular weight excluding hydrogens is 434 g/mol. The molecule has 0 saturated carbocycles. The monoisotopic (exact) mass is 459 g/mol. The van der Waals surface area contributed by atoms with E-state index in [2.05, 4.69) is 15.2 Å². The Bertz CT molecular complexity index is 1450. The molecule has 0 saturated heterocycles. The van der Waals surface area contributed by atoms with Crippen molar-refractivity contribution in [3.8, 4) is 28.4 Å². The van der Waals surface area contributed by atoms with Gasteiger partial charge in [-0.1, -0.05) is 12.1 Å². The molecule has 0 spiro atoms. The number of ether oxygens (including phenoxy) is 2. The predicted octanol–water partition coefficient (Wildman–Crippen LogP) is 4.36. The quantitative estimate of drug-likeness (QED) is 0.353. The number of aromatic nitrogens is 7. The van der Waals surface area contributed by atoms with Gasteiger partial charge in [-0.05, 0) is 38.5 Å². The van der Waals surface area contributed by atoms with E-state index in [1.807, 2.05) is 57.4 Å². The minimum absolute atomic E-state index is 0.382. The average molecular weight is 460 g/mol. The van der Waals surface area contributed by atoms with E-state index in [1.54, 1.807) is 29.6 Å². The van der Waals surface area contributed by atoms with Crippen molar-refractivity contribution in [2.24, 2.45) is 7.05 Å². The molecule has 5 rings (SSSR count). The van der Waals surface area contributed by atoms with Crippen LogP contribution in [0.5, 0.6) is 11.5 Å². The van der Waals surface area contributed by atoms with Crippen LogP contribution in [-0.2, 0) is 7.05 Å². The SMILES string of the molecule is CCC(Oc1cc(C)nc2c(-c3ccc(-n4cccn4)cc3OC)nn(C)c12)c1nc(C)no1. The molecule has 1 atom stereocenters. The molecule has 0 bridgehead atoms. The highest BCUT2D eigenvalue weighted by atomic mass is 16.5. The lowest BCUT2D eigenvalue weighted by molar-refractivity contribution is 0.155. The highest BCUT2D eigenvalue weighted by Crippen LogP contribution is 2.38. The molecule has 0 N–H and O–H groups in total. The number of nitrogens with zero attached hydrogens (tertiary/aromatic N) is 7. The number of methoxy groups -OCH3 is 1. The van der Waals surface area contributed by atoms with Gasteiger partial charge in [0, 0.05) is 42.8 Å². The van der Waals surface area contributed by atoms with Gasteiger partial charge in [0.15, 0.2) is 11.9 Å². The van der Waals surface area contributed by atoms with Crippen molar-refractivity contribution >= 4 is 11.0 Å². The molecule has 10 nitrogen and oxygen atoms in total. The number of benzene rings is 1. The number of fused-ring (bicyclic) bond motifs is 1. The Hall–Kier alpha value is -4.21. The van der Waals surface area contributed by atoms with E-state index >= 15 is 0 Å². The lowest BCUT2D eigenvalue weighted by atomic mass is 10.1. The highest BCUT2D eigenvalue weighted by Gasteiger charge is 2.24. The molecule has 0 aliphatic carbocycles. The number of rotatable bonds is 7. The van der Waals surface area contributed by atoms with E-state index in [0.717, 1.165) is 28.0 Å². The molecule has 10 heteroatoms. The first-order valence-corrected chi connectivity index (χ1v) is 11.0. The summed E-state index contributed by atoms with van der Waals surface area (Å²) in [6.45, 7) is 5.72. The Labute approximate surface area is 196 Å². The minimum atomic E-state index is -0.382. The summed E-state index contributed by atoms with van der Waals surface area (Å²) in [6.07, 6.45) is 3.90. The van der Waals surface area contributed by atoms with Crippen LogP contribution in [0.1, 0.15) is 36.9 Å². The van der Waals surface area contributed by atoms with Crippen molar-refractivity contribution in [1.82, 2.24) is 34.7 Å². The number of hydrogen-bond acceptors (Lipinski definition) is 8. The van der Waals surface area contributed by atoms with Gasteiger partial charge >= 0.3 is 0 Å². The number of pyridine rings is 1. The van der Waals surface area contributed by atoms with Crippen LogP contribution in [0.15, 0.2) is 47.2 Å². The van der Waals surface area contributed by atoms with E-state index in [0.29, 0.717) is 35.3 Å². The summed E-state index contributed by atoms with van der Waals surface area (Å²) in [5.41, 5.74) is 4.72. The molecule has 5 aromatic rings. The van der Waals surface area contributed by atoms with E-state index < -0.39 is 0 Å². The lowest BCUT2D eigenvalue weighted by Gasteiger charge is -2.15. The lowest BCUT2D eigenvalue weighted by Crippen LogP contribution is -2.08. The summed E-state index contributed by atoms with van der Waals surface area (Å²) in [6, 6.07) is 9.65. The van der Waals surface area contributed by atoms with E-state index in [9.17, 15) is 0 Å². The van der Waals surface area contributed by atoms with Crippen LogP contribution in [0.3, 0.4) is 0 Å². The molecule has 4 heterocycles. The molecule has 1 aromatic carbocycles. The topological polar surface area (TPSA) is 106 Å². The molecule has 174 valence electrons. The summed E-state index contributed by atoms with van der Waals surface area (Å²) in [4.78, 5) is 9.15. The third-order valence-corrected chi connectivity index (χ3v) is 5.55. The van der Waals surface area contributed by atoms with Crippen molar-refractivity contribution in [2.75, 3.05) is 7.11 Å². The number of hydrogen-bond donors (Lipinski definition) is 0. The van der Waals surface area contributed by atoms with Gasteiger partial charge < -0.3 is 14.0 Å². The zero-order chi connectivity index (χ0) is 23.8. The van der Waals surface area contributed by atoms with Crippen molar-refractivity contribution in [1.29, 1.82) is 0 Å². The van der Waals surface area contributed by atoms with Gasteiger partial charge in [0.25, 0.3) is 5.89 Å². The van der Waals surface area contributed by atoms with Gasteiger partial charge in [0.2, 0.25) is 0 Å². The largest absolute Gasteiger partial charge is 0.496 e. The summed E-state index contributed by atoms with van der Waals surface area (Å²) in [7, 11) is 3.51. The molecule has 0 aliphatic heterocycles. The smallest absolute Gasteiger partial charge is 0.267 e. The Balaban J connectivity index is 1.61. The third kappa shape index (κ3) is 3.76. The number of aryl methyl sites for hydroxylation is 3. The van der Waals surface area contributed by atoms with Crippen molar-refractivity contribution in [2.45, 2.75) is 33.3 Å². The van der Waals surface area contributed by atoms with Crippen LogP contribution in [0.4, 0.5) is 0 Å². The normalized spacial score (nSPS) is 12.3. The highest BCUT2D eigenvalue weighted by molar-refractivity contribution is 5.95. The van der Waals surface area contributed by atoms with Gasteiger partial charge in [0.05, 0.1) is 12.8 Å². The second-order valence-corrected chi connectivity index (χ2v) is 7.96. The van der Waals surface area contributed by atoms with Crippen LogP contribution < -0.4 is 9.47 Å². The predicted molar refractivity (Wildman–Crippen MR) is 125 cm³/mol. The van der Waals surface area contributed by atoms with E-state index in [4.69, 9.17) is 24.1 Å². The maximum absolute atomic E-state index is 6.37. The molecule has 1 unspecified atom stereocenters. The third-order valence-electron chi connectivity index (χ3n) is 5.55. The van der Waals surface area contributed by atoms with Crippen molar-refractivity contribution < 1.29 is 14.0 Å². The van der Waals surface area contributed by atoms with Crippen LogP contribution in [-0.4, -0.2) is 41.8 Å². The van der Waals surface area contributed by atoms with Gasteiger partial charge in [-0.15, -0.1) is 0 Å². The first-order valence-electron chi connectivity index (χ1n) is 11.0. The van der Waals surface area contributed by atoms with Gasteiger partial charge in [-0.3, -0.25) is 4.68 Å². The maximum Gasteiger partial charge on any atom is 0.267 e. The van der Waals surface area contributed by atoms with Crippen LogP contribution in [0.25, 0.3) is 28.0 Å². The van der Waals surface area contributed by atoms with E-state index in [-0.39, 0.29) is 6.10 Å². The molecule has 0 radical (unpaired) electrons. The van der Waals surface area contributed by atoms with Crippen LogP contribution in [0, 0.1) is 13.8 Å². The fourth-order valence-corrected chi connectivity index (χ4v) is 3.98. The molecule has 4 aromatic heterocycles. The summed E-state index contributed by atoms with van der Waals surface area (Å²) < 4.78 is 21.0. The fraction of sp³-hybridized carbons (Fsp3) is 0.292. The second-order valence-electron chi connectivity index (χ2n) is 7.96. The zero-order valence-electron chi connectivity index (χ0n) is 19.7. The maximum atomic E-state index is 6.37. The first-order chi connectivity index (χ1) is 16.5. The van der Waals surface area contributed by atoms with Gasteiger partial charge in [-0.25, -0.2) is 9.67 Å². The first kappa shape index (κ1) is 21.6. The van der Waals surface area contributed by atoms with Crippen LogP contribution in [0.2, 0.25) is 0 Å². The van der Waals surface area contributed by atoms with E-state index in [1.165, 1.54) is 0 Å². The molecular formula is C24H25N7O3. The Kier molecular flexibility index (Phi) is 5.48. The Morgan fingerprint density at radius 2 is 1.97 bits per heavy atom. The standard InChI is InChI=1S/C24H25N7O3/c1-6-18(24-27-15(3)29-34-24)33-20-12-14(2)26-22-21(28-30(4)23(20)22)17-9-8-16(13-19(17)32-5)31-11-7-10-25-31/h7-13,18H,6H2,1-5H3. The van der Waals surface area contributed by atoms with Crippen LogP contribution >= 0.6 is 0 Å². The molecule has 0 fully saturated rings. The summed E-state index contributed by atoms with van der Waals surface area (Å²) in [5, 5.41) is 13.0. The summed E-state index contributed by atoms with van der Waals surface area (Å²) in [5.74, 6) is 2.34. The fourth-order valence-electron chi connectivity index (χ4n) is 3.98. The average Bonchev–Trinajstić information content (AvgIpc) is 3.58. The molecule has 0 aliphatic rings. The molecule has 34 heavy (non-hydrogen) atoms. The van der Waals surface area contributed by atoms with Crippen molar-refractivity contribution in [3.63, 3.8) is 0 Å². The zero-order valence-corrected chi connectivity index (χ0v) is 19.7. The Morgan fingerprint density at radius 1 is 1.12 bits per heavy atom. The second kappa shape index (κ2) is 8.62. The minimum Gasteiger partial charge on any atom is -0.496 e.